The normalized spacial score (nSPS) is 14.1. The second kappa shape index (κ2) is 6.91. The van der Waals surface area contributed by atoms with Crippen LogP contribution in [0.1, 0.15) is 49.7 Å². The Bertz CT molecular complexity index is 487. The molecule has 0 aromatic heterocycles. The topological polar surface area (TPSA) is 0 Å². The van der Waals surface area contributed by atoms with Crippen molar-refractivity contribution in [2.75, 3.05) is 0 Å². The van der Waals surface area contributed by atoms with Gasteiger partial charge in [-0.05, 0) is 47.9 Å². The first-order valence-electron chi connectivity index (χ1n) is 7.01. The minimum Gasteiger partial charge on any atom is -0.0648 e. The Morgan fingerprint density at radius 1 is 0.895 bits per heavy atom. The second-order valence-corrected chi connectivity index (χ2v) is 6.12. The zero-order valence-corrected chi connectivity index (χ0v) is 13.2. The number of hydrogen-bond acceptors (Lipinski definition) is 0. The summed E-state index contributed by atoms with van der Waals surface area (Å²) in [6, 6.07) is 19.6. The molecule has 0 saturated heterocycles. The van der Waals surface area contributed by atoms with Crippen LogP contribution in [-0.4, -0.2) is 0 Å². The lowest BCUT2D eigenvalue weighted by Crippen LogP contribution is -2.03. The highest BCUT2D eigenvalue weighted by molar-refractivity contribution is 9.10. The van der Waals surface area contributed by atoms with Crippen molar-refractivity contribution in [3.8, 4) is 0 Å². The first-order valence-corrected chi connectivity index (χ1v) is 7.80. The van der Waals surface area contributed by atoms with Crippen molar-refractivity contribution in [3.63, 3.8) is 0 Å². The van der Waals surface area contributed by atoms with Gasteiger partial charge in [-0.3, -0.25) is 0 Å². The van der Waals surface area contributed by atoms with E-state index in [9.17, 15) is 0 Å². The highest BCUT2D eigenvalue weighted by Crippen LogP contribution is 2.32. The Hall–Kier alpha value is -1.08. The van der Waals surface area contributed by atoms with Gasteiger partial charge >= 0.3 is 0 Å². The summed E-state index contributed by atoms with van der Waals surface area (Å²) in [5, 5.41) is 0. The van der Waals surface area contributed by atoms with Gasteiger partial charge in [0.2, 0.25) is 0 Å². The van der Waals surface area contributed by atoms with Crippen LogP contribution in [0.3, 0.4) is 0 Å². The van der Waals surface area contributed by atoms with E-state index in [1.54, 1.807) is 0 Å². The lowest BCUT2D eigenvalue weighted by molar-refractivity contribution is 0.544. The molecule has 0 aliphatic carbocycles. The third kappa shape index (κ3) is 3.94. The standard InChI is InChI=1S/C18H21Br/c1-3-15(17-7-5-4-6-8-17)13-14(2)16-9-11-18(19)12-10-16/h4-12,14-15H,3,13H2,1-2H3. The molecule has 0 heterocycles. The summed E-state index contributed by atoms with van der Waals surface area (Å²) in [6.45, 7) is 4.61. The SMILES string of the molecule is CCC(CC(C)c1ccc(Br)cc1)c1ccccc1. The molecular formula is C18H21Br. The van der Waals surface area contributed by atoms with Crippen molar-refractivity contribution in [1.29, 1.82) is 0 Å². The molecular weight excluding hydrogens is 296 g/mol. The lowest BCUT2D eigenvalue weighted by Gasteiger charge is -2.20. The molecule has 0 N–H and O–H groups in total. The molecule has 2 aromatic rings. The van der Waals surface area contributed by atoms with Gasteiger partial charge in [0, 0.05) is 4.47 Å². The Morgan fingerprint density at radius 2 is 1.53 bits per heavy atom. The number of benzene rings is 2. The van der Waals surface area contributed by atoms with Crippen molar-refractivity contribution in [2.45, 2.75) is 38.5 Å². The molecule has 0 bridgehead atoms. The summed E-state index contributed by atoms with van der Waals surface area (Å²) in [5.74, 6) is 1.25. The summed E-state index contributed by atoms with van der Waals surface area (Å²) >= 11 is 3.50. The van der Waals surface area contributed by atoms with Crippen LogP contribution in [0.2, 0.25) is 0 Å². The largest absolute Gasteiger partial charge is 0.0648 e. The fourth-order valence-corrected chi connectivity index (χ4v) is 2.88. The van der Waals surface area contributed by atoms with E-state index in [0.29, 0.717) is 11.8 Å². The minimum atomic E-state index is 0.596. The van der Waals surface area contributed by atoms with Crippen molar-refractivity contribution in [2.24, 2.45) is 0 Å². The van der Waals surface area contributed by atoms with E-state index >= 15 is 0 Å². The predicted octanol–water partition coefficient (Wildman–Crippen LogP) is 6.14. The molecule has 1 heteroatoms. The minimum absolute atomic E-state index is 0.596. The van der Waals surface area contributed by atoms with E-state index in [4.69, 9.17) is 0 Å². The maximum absolute atomic E-state index is 3.50. The van der Waals surface area contributed by atoms with E-state index in [1.165, 1.54) is 24.0 Å². The van der Waals surface area contributed by atoms with Gasteiger partial charge in [0.25, 0.3) is 0 Å². The van der Waals surface area contributed by atoms with Crippen LogP contribution in [0.25, 0.3) is 0 Å². The van der Waals surface area contributed by atoms with Crippen LogP contribution in [0.5, 0.6) is 0 Å². The predicted molar refractivity (Wildman–Crippen MR) is 86.6 cm³/mol. The molecule has 0 aliphatic rings. The van der Waals surface area contributed by atoms with E-state index in [0.717, 1.165) is 4.47 Å². The van der Waals surface area contributed by atoms with E-state index in [-0.39, 0.29) is 0 Å². The molecule has 2 atom stereocenters. The molecule has 2 unspecified atom stereocenters. The molecule has 19 heavy (non-hydrogen) atoms. The Kier molecular flexibility index (Phi) is 5.21. The molecule has 100 valence electrons. The van der Waals surface area contributed by atoms with Gasteiger partial charge in [-0.1, -0.05) is 72.2 Å². The van der Waals surface area contributed by atoms with E-state index in [1.807, 2.05) is 0 Å². The third-order valence-corrected chi connectivity index (χ3v) is 4.37. The van der Waals surface area contributed by atoms with Crippen LogP contribution in [0.15, 0.2) is 59.1 Å². The van der Waals surface area contributed by atoms with Crippen LogP contribution >= 0.6 is 15.9 Å². The van der Waals surface area contributed by atoms with Gasteiger partial charge in [-0.25, -0.2) is 0 Å². The first kappa shape index (κ1) is 14.3. The third-order valence-electron chi connectivity index (χ3n) is 3.84. The second-order valence-electron chi connectivity index (χ2n) is 5.20. The van der Waals surface area contributed by atoms with Crippen molar-refractivity contribution >= 4 is 15.9 Å². The Balaban J connectivity index is 2.08. The van der Waals surface area contributed by atoms with Crippen LogP contribution in [-0.2, 0) is 0 Å². The molecule has 0 fully saturated rings. The lowest BCUT2D eigenvalue weighted by atomic mass is 9.85. The van der Waals surface area contributed by atoms with Gasteiger partial charge in [-0.15, -0.1) is 0 Å². The fourth-order valence-electron chi connectivity index (χ4n) is 2.62. The van der Waals surface area contributed by atoms with Crippen molar-refractivity contribution in [1.82, 2.24) is 0 Å². The van der Waals surface area contributed by atoms with Crippen LogP contribution in [0.4, 0.5) is 0 Å². The zero-order valence-electron chi connectivity index (χ0n) is 11.6. The Labute approximate surface area is 125 Å². The molecule has 0 aliphatic heterocycles. The van der Waals surface area contributed by atoms with Gasteiger partial charge in [-0.2, -0.15) is 0 Å². The smallest absolute Gasteiger partial charge is 0.0175 e. The van der Waals surface area contributed by atoms with Crippen LogP contribution in [0, 0.1) is 0 Å². The van der Waals surface area contributed by atoms with Gasteiger partial charge in [0.05, 0.1) is 0 Å². The fraction of sp³-hybridized carbons (Fsp3) is 0.333. The summed E-state index contributed by atoms with van der Waals surface area (Å²) in [6.07, 6.45) is 2.41. The summed E-state index contributed by atoms with van der Waals surface area (Å²) in [4.78, 5) is 0. The maximum atomic E-state index is 3.50. The van der Waals surface area contributed by atoms with Crippen molar-refractivity contribution < 1.29 is 0 Å². The van der Waals surface area contributed by atoms with Gasteiger partial charge in [0.15, 0.2) is 0 Å². The summed E-state index contributed by atoms with van der Waals surface area (Å²) < 4.78 is 1.15. The maximum Gasteiger partial charge on any atom is 0.0175 e. The molecule has 0 radical (unpaired) electrons. The Morgan fingerprint density at radius 3 is 2.11 bits per heavy atom. The first-order chi connectivity index (χ1) is 9.20. The van der Waals surface area contributed by atoms with Crippen LogP contribution < -0.4 is 0 Å². The average Bonchev–Trinajstić information content (AvgIpc) is 2.46. The number of halogens is 1. The molecule has 2 aromatic carbocycles. The molecule has 2 rings (SSSR count). The van der Waals surface area contributed by atoms with E-state index in [2.05, 4.69) is 84.4 Å². The molecule has 0 nitrogen and oxygen atoms in total. The molecule has 0 spiro atoms. The summed E-state index contributed by atoms with van der Waals surface area (Å²) in [5.41, 5.74) is 2.89. The average molecular weight is 317 g/mol. The van der Waals surface area contributed by atoms with Gasteiger partial charge in [0.1, 0.15) is 0 Å². The zero-order chi connectivity index (χ0) is 13.7. The monoisotopic (exact) mass is 316 g/mol. The highest BCUT2D eigenvalue weighted by Gasteiger charge is 2.14. The van der Waals surface area contributed by atoms with Crippen molar-refractivity contribution in [3.05, 3.63) is 70.2 Å². The highest BCUT2D eigenvalue weighted by atomic mass is 79.9. The van der Waals surface area contributed by atoms with E-state index < -0.39 is 0 Å². The van der Waals surface area contributed by atoms with Gasteiger partial charge < -0.3 is 0 Å². The number of rotatable bonds is 5. The number of hydrogen-bond donors (Lipinski definition) is 0. The summed E-state index contributed by atoms with van der Waals surface area (Å²) in [7, 11) is 0. The molecule has 0 amide bonds. The quantitative estimate of drug-likeness (QED) is 0.621. The molecule has 0 saturated carbocycles.